The van der Waals surface area contributed by atoms with Gasteiger partial charge in [0, 0.05) is 43.4 Å². The molecule has 1 aliphatic rings. The number of fused-ring (bicyclic) bond motifs is 1. The Morgan fingerprint density at radius 3 is 2.40 bits per heavy atom. The number of benzene rings is 2. The molecule has 4 aromatic rings. The fraction of sp³-hybridized carbons (Fsp3) is 0.208. The van der Waals surface area contributed by atoms with Gasteiger partial charge >= 0.3 is 12.0 Å². The number of ether oxygens (including phenoxy) is 2. The van der Waals surface area contributed by atoms with E-state index in [1.54, 1.807) is 4.90 Å². The van der Waals surface area contributed by atoms with Crippen LogP contribution in [0, 0.1) is 11.6 Å². The Balaban J connectivity index is 1.16. The number of piperazine rings is 1. The Bertz CT molecular complexity index is 1340. The summed E-state index contributed by atoms with van der Waals surface area (Å²) in [5, 5.41) is 3.20. The fourth-order valence-electron chi connectivity index (χ4n) is 3.93. The molecule has 0 unspecified atom stereocenters. The van der Waals surface area contributed by atoms with Gasteiger partial charge in [0.1, 0.15) is 5.75 Å². The molecule has 1 fully saturated rings. The fourth-order valence-corrected chi connectivity index (χ4v) is 3.93. The van der Waals surface area contributed by atoms with E-state index >= 15 is 0 Å². The van der Waals surface area contributed by atoms with Gasteiger partial charge in [0.05, 0.1) is 30.7 Å². The van der Waals surface area contributed by atoms with E-state index in [2.05, 4.69) is 25.2 Å². The molecule has 0 saturated carbocycles. The molecule has 3 heterocycles. The van der Waals surface area contributed by atoms with Gasteiger partial charge in [0.15, 0.2) is 17.4 Å². The number of rotatable bonds is 5. The quantitative estimate of drug-likeness (QED) is 0.440. The number of hydrogen-bond acceptors (Lipinski definition) is 6. The number of methoxy groups -OCH3 is 1. The Hall–Kier alpha value is -4.41. The minimum Gasteiger partial charge on any atom is -0.467 e. The second-order valence-electron chi connectivity index (χ2n) is 7.89. The number of carbonyl (C=O) groups excluding carboxylic acids is 1. The lowest BCUT2D eigenvalue weighted by molar-refractivity contribution is 0.208. The van der Waals surface area contributed by atoms with E-state index in [9.17, 15) is 13.6 Å². The number of anilines is 2. The molecule has 9 nitrogen and oxygen atoms in total. The third-order valence-electron chi connectivity index (χ3n) is 5.78. The summed E-state index contributed by atoms with van der Waals surface area (Å²) in [6.07, 6.45) is 4.53. The van der Waals surface area contributed by atoms with Gasteiger partial charge < -0.3 is 29.6 Å². The van der Waals surface area contributed by atoms with E-state index in [1.807, 2.05) is 24.3 Å². The maximum absolute atomic E-state index is 13.9. The van der Waals surface area contributed by atoms with Gasteiger partial charge in [-0.15, -0.1) is 0 Å². The van der Waals surface area contributed by atoms with E-state index < -0.39 is 11.6 Å². The van der Waals surface area contributed by atoms with E-state index in [0.29, 0.717) is 48.8 Å². The van der Waals surface area contributed by atoms with Crippen molar-refractivity contribution < 1.29 is 23.0 Å². The van der Waals surface area contributed by atoms with E-state index in [-0.39, 0.29) is 17.6 Å². The highest BCUT2D eigenvalue weighted by Gasteiger charge is 2.22. The minimum atomic E-state index is -0.967. The van der Waals surface area contributed by atoms with E-state index in [4.69, 9.17) is 9.47 Å². The summed E-state index contributed by atoms with van der Waals surface area (Å²) >= 11 is 0. The van der Waals surface area contributed by atoms with Crippen molar-refractivity contribution in [3.05, 3.63) is 66.6 Å². The second-order valence-corrected chi connectivity index (χ2v) is 7.89. The summed E-state index contributed by atoms with van der Waals surface area (Å²) in [6.45, 7) is 2.32. The number of urea groups is 1. The molecular formula is C24H22F2N6O3. The van der Waals surface area contributed by atoms with Crippen LogP contribution in [-0.4, -0.2) is 59.2 Å². The van der Waals surface area contributed by atoms with Crippen molar-refractivity contribution in [2.45, 2.75) is 0 Å². The van der Waals surface area contributed by atoms with Gasteiger partial charge in [-0.25, -0.2) is 13.6 Å². The molecule has 2 amide bonds. The van der Waals surface area contributed by atoms with Crippen LogP contribution in [0.15, 0.2) is 55.0 Å². The maximum atomic E-state index is 13.9. The van der Waals surface area contributed by atoms with Gasteiger partial charge in [-0.05, 0) is 36.4 Å². The molecule has 0 radical (unpaired) electrons. The minimum absolute atomic E-state index is 0.0251. The summed E-state index contributed by atoms with van der Waals surface area (Å²) in [5.74, 6) is -0.759. The number of halogens is 2. The summed E-state index contributed by atoms with van der Waals surface area (Å²) < 4.78 is 38.0. The number of H-pyrrole nitrogens is 1. The predicted molar refractivity (Wildman–Crippen MR) is 126 cm³/mol. The first kappa shape index (κ1) is 22.4. The van der Waals surface area contributed by atoms with Gasteiger partial charge in [0.25, 0.3) is 0 Å². The zero-order valence-corrected chi connectivity index (χ0v) is 18.8. The van der Waals surface area contributed by atoms with Crippen LogP contribution < -0.4 is 19.7 Å². The highest BCUT2D eigenvalue weighted by atomic mass is 19.2. The van der Waals surface area contributed by atoms with Crippen LogP contribution in [0.25, 0.3) is 10.9 Å². The molecule has 0 spiro atoms. The molecule has 1 aliphatic heterocycles. The Morgan fingerprint density at radius 2 is 1.71 bits per heavy atom. The standard InChI is InChI=1S/C24H22F2N6O3/c1-34-23-28-12-17(13-29-23)35-16-4-2-15(3-5-16)31-8-10-32(11-9-31)24(33)30-20-14-27-22-18(20)6-7-19(25)21(22)26/h2-7,12-14,27H,8-11H2,1H3,(H,30,33). The highest BCUT2D eigenvalue weighted by Crippen LogP contribution is 2.28. The SMILES string of the molecule is COc1ncc(Oc2ccc(N3CCN(C(=O)Nc4c[nH]c5c(F)c(F)ccc45)CC3)cc2)cn1. The summed E-state index contributed by atoms with van der Waals surface area (Å²) in [4.78, 5) is 27.3. The molecule has 0 bridgehead atoms. The number of amides is 2. The van der Waals surface area contributed by atoms with Crippen LogP contribution in [-0.2, 0) is 0 Å². The average Bonchev–Trinajstić information content (AvgIpc) is 3.30. The molecule has 35 heavy (non-hydrogen) atoms. The van der Waals surface area contributed by atoms with Crippen LogP contribution in [0.5, 0.6) is 17.5 Å². The van der Waals surface area contributed by atoms with Gasteiger partial charge in [0.2, 0.25) is 0 Å². The molecule has 5 rings (SSSR count). The zero-order chi connectivity index (χ0) is 24.4. The lowest BCUT2D eigenvalue weighted by Crippen LogP contribution is -2.50. The van der Waals surface area contributed by atoms with Crippen LogP contribution in [0.4, 0.5) is 25.0 Å². The van der Waals surface area contributed by atoms with Crippen LogP contribution in [0.2, 0.25) is 0 Å². The number of carbonyl (C=O) groups is 1. The largest absolute Gasteiger partial charge is 0.467 e. The molecular weight excluding hydrogens is 458 g/mol. The highest BCUT2D eigenvalue weighted by molar-refractivity contribution is 6.01. The smallest absolute Gasteiger partial charge is 0.322 e. The maximum Gasteiger partial charge on any atom is 0.322 e. The topological polar surface area (TPSA) is 95.6 Å². The first-order chi connectivity index (χ1) is 17.0. The Labute approximate surface area is 199 Å². The van der Waals surface area contributed by atoms with Crippen molar-refractivity contribution >= 4 is 28.3 Å². The third-order valence-corrected chi connectivity index (χ3v) is 5.78. The van der Waals surface area contributed by atoms with Gasteiger partial charge in [-0.3, -0.25) is 0 Å². The molecule has 2 aromatic carbocycles. The monoisotopic (exact) mass is 480 g/mol. The summed E-state index contributed by atoms with van der Waals surface area (Å²) in [7, 11) is 1.50. The molecule has 180 valence electrons. The molecule has 0 atom stereocenters. The number of hydrogen-bond donors (Lipinski definition) is 2. The molecule has 0 aliphatic carbocycles. The van der Waals surface area contributed by atoms with Gasteiger partial charge in [-0.2, -0.15) is 9.97 Å². The van der Waals surface area contributed by atoms with Crippen molar-refractivity contribution in [1.82, 2.24) is 19.9 Å². The molecule has 2 aromatic heterocycles. The normalized spacial score (nSPS) is 13.7. The first-order valence-corrected chi connectivity index (χ1v) is 10.9. The number of aromatic nitrogens is 3. The zero-order valence-electron chi connectivity index (χ0n) is 18.8. The predicted octanol–water partition coefficient (Wildman–Crippen LogP) is 4.39. The Kier molecular flexibility index (Phi) is 6.04. The summed E-state index contributed by atoms with van der Waals surface area (Å²) in [6, 6.07) is 10.1. The number of aromatic amines is 1. The van der Waals surface area contributed by atoms with Crippen LogP contribution >= 0.6 is 0 Å². The van der Waals surface area contributed by atoms with Crippen LogP contribution in [0.3, 0.4) is 0 Å². The van der Waals surface area contributed by atoms with E-state index in [0.717, 1.165) is 11.8 Å². The lowest BCUT2D eigenvalue weighted by Gasteiger charge is -2.36. The molecule has 2 N–H and O–H groups in total. The second kappa shape index (κ2) is 9.45. The van der Waals surface area contributed by atoms with Crippen molar-refractivity contribution in [1.29, 1.82) is 0 Å². The van der Waals surface area contributed by atoms with Crippen molar-refractivity contribution in [2.24, 2.45) is 0 Å². The first-order valence-electron chi connectivity index (χ1n) is 10.9. The van der Waals surface area contributed by atoms with Crippen molar-refractivity contribution in [2.75, 3.05) is 43.5 Å². The van der Waals surface area contributed by atoms with Crippen molar-refractivity contribution in [3.8, 4) is 17.5 Å². The third kappa shape index (κ3) is 4.65. The number of nitrogens with one attached hydrogen (secondary N) is 2. The molecule has 11 heteroatoms. The number of nitrogens with zero attached hydrogens (tertiary/aromatic N) is 4. The lowest BCUT2D eigenvalue weighted by atomic mass is 10.2. The average molecular weight is 480 g/mol. The molecule has 1 saturated heterocycles. The van der Waals surface area contributed by atoms with Gasteiger partial charge in [-0.1, -0.05) is 0 Å². The Morgan fingerprint density at radius 1 is 1.00 bits per heavy atom. The van der Waals surface area contributed by atoms with E-state index in [1.165, 1.54) is 31.8 Å². The van der Waals surface area contributed by atoms with Crippen LogP contribution in [0.1, 0.15) is 0 Å². The van der Waals surface area contributed by atoms with Crippen molar-refractivity contribution in [3.63, 3.8) is 0 Å². The summed E-state index contributed by atoms with van der Waals surface area (Å²) in [5.41, 5.74) is 1.44.